The third-order valence-electron chi connectivity index (χ3n) is 6.09. The molecule has 3 amide bonds. The molecule has 1 saturated carbocycles. The lowest BCUT2D eigenvalue weighted by atomic mass is 9.76. The number of carbonyl (C=O) groups excluding carboxylic acids is 4. The van der Waals surface area contributed by atoms with Crippen LogP contribution in [0, 0.1) is 17.8 Å². The van der Waals surface area contributed by atoms with Crippen molar-refractivity contribution in [1.82, 2.24) is 0 Å². The van der Waals surface area contributed by atoms with Crippen LogP contribution in [0.25, 0.3) is 0 Å². The number of halogens is 2. The maximum Gasteiger partial charge on any atom is 0.338 e. The van der Waals surface area contributed by atoms with E-state index < -0.39 is 18.5 Å². The highest BCUT2D eigenvalue weighted by molar-refractivity contribution is 6.35. The smallest absolute Gasteiger partial charge is 0.338 e. The zero-order chi connectivity index (χ0) is 23.7. The zero-order valence-electron chi connectivity index (χ0n) is 17.8. The summed E-state index contributed by atoms with van der Waals surface area (Å²) in [6.45, 7) is 1.58. The van der Waals surface area contributed by atoms with Gasteiger partial charge in [0.15, 0.2) is 6.61 Å². The number of amides is 3. The van der Waals surface area contributed by atoms with E-state index in [2.05, 4.69) is 12.2 Å². The van der Waals surface area contributed by atoms with Gasteiger partial charge in [-0.1, -0.05) is 30.1 Å². The lowest BCUT2D eigenvalue weighted by Gasteiger charge is -2.25. The molecule has 1 saturated heterocycles. The van der Waals surface area contributed by atoms with Gasteiger partial charge in [0.1, 0.15) is 0 Å². The fourth-order valence-corrected chi connectivity index (χ4v) is 4.72. The van der Waals surface area contributed by atoms with Gasteiger partial charge in [-0.2, -0.15) is 0 Å². The van der Waals surface area contributed by atoms with Crippen molar-refractivity contribution in [3.8, 4) is 0 Å². The minimum absolute atomic E-state index is 0.177. The molecule has 2 fully saturated rings. The summed E-state index contributed by atoms with van der Waals surface area (Å²) in [5.41, 5.74) is 0.930. The Hall–Kier alpha value is -2.90. The first-order chi connectivity index (χ1) is 15.7. The van der Waals surface area contributed by atoms with E-state index in [1.165, 1.54) is 23.1 Å². The maximum absolute atomic E-state index is 12.8. The lowest BCUT2D eigenvalue weighted by molar-refractivity contribution is -0.122. The van der Waals surface area contributed by atoms with Gasteiger partial charge in [-0.05, 0) is 67.6 Å². The molecule has 0 aromatic heterocycles. The van der Waals surface area contributed by atoms with E-state index in [0.717, 1.165) is 19.3 Å². The van der Waals surface area contributed by atoms with Crippen LogP contribution >= 0.6 is 23.2 Å². The minimum Gasteiger partial charge on any atom is -0.452 e. The topological polar surface area (TPSA) is 92.8 Å². The van der Waals surface area contributed by atoms with Crippen molar-refractivity contribution in [2.45, 2.75) is 26.2 Å². The first kappa shape index (κ1) is 23.3. The second-order valence-corrected chi connectivity index (χ2v) is 9.28. The monoisotopic (exact) mass is 488 g/mol. The summed E-state index contributed by atoms with van der Waals surface area (Å²) in [5.74, 6) is -1.74. The molecule has 1 aliphatic carbocycles. The van der Waals surface area contributed by atoms with Gasteiger partial charge >= 0.3 is 5.97 Å². The number of esters is 1. The first-order valence-corrected chi connectivity index (χ1v) is 11.4. The second kappa shape index (κ2) is 9.53. The molecule has 2 aliphatic rings. The number of hydrogen-bond acceptors (Lipinski definition) is 5. The SMILES string of the molecule is C[C@@H]1CC[C@@H]2C(=O)N(c3ccc(C(=O)OCC(=O)Nc4cc(Cl)ccc4Cl)cc3)C(=O)[C@@H]2C1. The number of carbonyl (C=O) groups is 4. The Morgan fingerprint density at radius 1 is 1.03 bits per heavy atom. The summed E-state index contributed by atoms with van der Waals surface area (Å²) in [6.07, 6.45) is 2.38. The number of imide groups is 1. The molecule has 0 radical (unpaired) electrons. The molecule has 2 aromatic rings. The zero-order valence-corrected chi connectivity index (χ0v) is 19.4. The van der Waals surface area contributed by atoms with E-state index in [9.17, 15) is 19.2 Å². The molecule has 172 valence electrons. The molecular formula is C24H22Cl2N2O5. The van der Waals surface area contributed by atoms with Crippen molar-refractivity contribution in [2.75, 3.05) is 16.8 Å². The fraction of sp³-hybridized carbons (Fsp3) is 0.333. The van der Waals surface area contributed by atoms with E-state index in [1.807, 2.05) is 0 Å². The van der Waals surface area contributed by atoms with Gasteiger partial charge in [0.05, 0.1) is 33.8 Å². The Morgan fingerprint density at radius 2 is 1.73 bits per heavy atom. The number of hydrogen-bond donors (Lipinski definition) is 1. The molecule has 9 heteroatoms. The maximum atomic E-state index is 12.8. The molecule has 0 spiro atoms. The Bertz CT molecular complexity index is 1120. The molecule has 1 heterocycles. The van der Waals surface area contributed by atoms with Crippen molar-refractivity contribution in [3.05, 3.63) is 58.1 Å². The van der Waals surface area contributed by atoms with Crippen molar-refractivity contribution in [1.29, 1.82) is 0 Å². The average Bonchev–Trinajstić information content (AvgIpc) is 3.04. The third-order valence-corrected chi connectivity index (χ3v) is 6.65. The van der Waals surface area contributed by atoms with Crippen LogP contribution in [0.15, 0.2) is 42.5 Å². The van der Waals surface area contributed by atoms with Crippen LogP contribution in [0.2, 0.25) is 10.0 Å². The van der Waals surface area contributed by atoms with E-state index in [1.54, 1.807) is 24.3 Å². The quantitative estimate of drug-likeness (QED) is 0.485. The molecular weight excluding hydrogens is 467 g/mol. The van der Waals surface area contributed by atoms with Crippen LogP contribution in [0.1, 0.15) is 36.5 Å². The Labute approximate surface area is 201 Å². The molecule has 3 atom stereocenters. The number of benzene rings is 2. The number of rotatable bonds is 5. The summed E-state index contributed by atoms with van der Waals surface area (Å²) >= 11 is 11.9. The molecule has 7 nitrogen and oxygen atoms in total. The fourth-order valence-electron chi connectivity index (χ4n) is 4.38. The third kappa shape index (κ3) is 4.89. The predicted molar refractivity (Wildman–Crippen MR) is 124 cm³/mol. The highest BCUT2D eigenvalue weighted by Gasteiger charge is 2.49. The van der Waals surface area contributed by atoms with Crippen LogP contribution in [-0.2, 0) is 19.1 Å². The number of nitrogens with one attached hydrogen (secondary N) is 1. The molecule has 0 bridgehead atoms. The van der Waals surface area contributed by atoms with Crippen LogP contribution in [-0.4, -0.2) is 30.3 Å². The van der Waals surface area contributed by atoms with Gasteiger partial charge in [0.2, 0.25) is 11.8 Å². The summed E-state index contributed by atoms with van der Waals surface area (Å²) in [6, 6.07) is 10.6. The molecule has 0 unspecified atom stereocenters. The van der Waals surface area contributed by atoms with Crippen molar-refractivity contribution < 1.29 is 23.9 Å². The van der Waals surface area contributed by atoms with E-state index >= 15 is 0 Å². The molecule has 1 N–H and O–H groups in total. The number of anilines is 2. The minimum atomic E-state index is -0.713. The summed E-state index contributed by atoms with van der Waals surface area (Å²) in [4.78, 5) is 51.3. The van der Waals surface area contributed by atoms with Crippen LogP contribution in [0.5, 0.6) is 0 Å². The Morgan fingerprint density at radius 3 is 2.45 bits per heavy atom. The lowest BCUT2D eigenvalue weighted by Crippen LogP contribution is -2.30. The molecule has 4 rings (SSSR count). The van der Waals surface area contributed by atoms with Gasteiger partial charge in [-0.25, -0.2) is 4.79 Å². The van der Waals surface area contributed by atoms with Crippen LogP contribution < -0.4 is 10.2 Å². The van der Waals surface area contributed by atoms with Crippen LogP contribution in [0.4, 0.5) is 11.4 Å². The van der Waals surface area contributed by atoms with Gasteiger partial charge in [-0.15, -0.1) is 0 Å². The summed E-state index contributed by atoms with van der Waals surface area (Å²) in [5, 5.41) is 3.23. The summed E-state index contributed by atoms with van der Waals surface area (Å²) in [7, 11) is 0. The second-order valence-electron chi connectivity index (χ2n) is 8.44. The van der Waals surface area contributed by atoms with Crippen molar-refractivity contribution in [3.63, 3.8) is 0 Å². The van der Waals surface area contributed by atoms with Gasteiger partial charge in [0.25, 0.3) is 5.91 Å². The summed E-state index contributed by atoms with van der Waals surface area (Å²) < 4.78 is 5.05. The van der Waals surface area contributed by atoms with Gasteiger partial charge < -0.3 is 10.1 Å². The molecule has 2 aromatic carbocycles. The van der Waals surface area contributed by atoms with E-state index in [-0.39, 0.29) is 29.2 Å². The largest absolute Gasteiger partial charge is 0.452 e. The first-order valence-electron chi connectivity index (χ1n) is 10.6. The Balaban J connectivity index is 1.36. The Kier molecular flexibility index (Phi) is 6.72. The highest BCUT2D eigenvalue weighted by Crippen LogP contribution is 2.42. The van der Waals surface area contributed by atoms with Gasteiger partial charge in [0, 0.05) is 5.02 Å². The average molecular weight is 489 g/mol. The number of fused-ring (bicyclic) bond motifs is 1. The van der Waals surface area contributed by atoms with Crippen molar-refractivity contribution >= 4 is 58.3 Å². The predicted octanol–water partition coefficient (Wildman–Crippen LogP) is 4.71. The number of ether oxygens (including phenoxy) is 1. The van der Waals surface area contributed by atoms with Crippen molar-refractivity contribution in [2.24, 2.45) is 17.8 Å². The van der Waals surface area contributed by atoms with E-state index in [0.29, 0.717) is 27.3 Å². The van der Waals surface area contributed by atoms with Crippen LogP contribution in [0.3, 0.4) is 0 Å². The molecule has 1 aliphatic heterocycles. The standard InChI is InChI=1S/C24H22Cl2N2O5/c1-13-2-8-17-18(10-13)23(31)28(22(17)30)16-6-3-14(4-7-16)24(32)33-12-21(29)27-20-11-15(25)5-9-19(20)26/h3-7,9,11,13,17-18H,2,8,10,12H2,1H3,(H,27,29)/t13-,17+,18-/m1/s1. The normalized spacial score (nSPS) is 22.2. The highest BCUT2D eigenvalue weighted by atomic mass is 35.5. The van der Waals surface area contributed by atoms with E-state index in [4.69, 9.17) is 27.9 Å². The molecule has 33 heavy (non-hydrogen) atoms. The van der Waals surface area contributed by atoms with Gasteiger partial charge in [-0.3, -0.25) is 19.3 Å². The number of nitrogens with zero attached hydrogens (tertiary/aromatic N) is 1.